The van der Waals surface area contributed by atoms with Crippen molar-refractivity contribution in [3.8, 4) is 0 Å². The van der Waals surface area contributed by atoms with Crippen molar-refractivity contribution in [1.82, 2.24) is 0 Å². The fraction of sp³-hybridized carbons (Fsp3) is 0.462. The zero-order valence-electron chi connectivity index (χ0n) is 9.59. The minimum absolute atomic E-state index is 0.762. The van der Waals surface area contributed by atoms with Gasteiger partial charge in [-0.25, -0.2) is 0 Å². The summed E-state index contributed by atoms with van der Waals surface area (Å²) in [6, 6.07) is 6.01. The van der Waals surface area contributed by atoms with Gasteiger partial charge in [-0.2, -0.15) is 0 Å². The van der Waals surface area contributed by atoms with Crippen LogP contribution in [-0.2, 0) is 0 Å². The highest BCUT2D eigenvalue weighted by molar-refractivity contribution is 6.33. The third kappa shape index (κ3) is 2.99. The normalized spacial score (nSPS) is 16.5. The molecule has 0 saturated heterocycles. The van der Waals surface area contributed by atoms with E-state index in [4.69, 9.17) is 11.6 Å². The Hall–Kier alpha value is -1.02. The summed E-state index contributed by atoms with van der Waals surface area (Å²) in [6.07, 6.45) is 4.72. The molecule has 0 bridgehead atoms. The van der Waals surface area contributed by atoms with Crippen molar-refractivity contribution < 1.29 is 0 Å². The summed E-state index contributed by atoms with van der Waals surface area (Å²) in [4.78, 5) is 4.54. The van der Waals surface area contributed by atoms with E-state index in [-0.39, 0.29) is 0 Å². The van der Waals surface area contributed by atoms with Gasteiger partial charge < -0.3 is 5.32 Å². The molecule has 1 aromatic carbocycles. The van der Waals surface area contributed by atoms with Crippen molar-refractivity contribution in [3.05, 3.63) is 28.8 Å². The zero-order valence-corrected chi connectivity index (χ0v) is 10.3. The number of hydrogen-bond acceptors (Lipinski definition) is 2. The van der Waals surface area contributed by atoms with Gasteiger partial charge in [0.05, 0.1) is 10.7 Å². The molecule has 3 heteroatoms. The van der Waals surface area contributed by atoms with Crippen LogP contribution >= 0.6 is 11.6 Å². The highest BCUT2D eigenvalue weighted by Gasteiger charge is 2.06. The number of hydrogen-bond donors (Lipinski definition) is 1. The lowest BCUT2D eigenvalue weighted by Gasteiger charge is -2.10. The number of aliphatic imine (C=N–C) groups is 1. The van der Waals surface area contributed by atoms with E-state index in [2.05, 4.69) is 23.3 Å². The first-order valence-corrected chi connectivity index (χ1v) is 6.20. The highest BCUT2D eigenvalue weighted by Crippen LogP contribution is 2.23. The Labute approximate surface area is 102 Å². The summed E-state index contributed by atoms with van der Waals surface area (Å²) < 4.78 is 0. The number of rotatable bonds is 1. The molecule has 1 N–H and O–H groups in total. The Kier molecular flexibility index (Phi) is 3.83. The molecule has 2 rings (SSSR count). The van der Waals surface area contributed by atoms with Crippen molar-refractivity contribution in [2.24, 2.45) is 4.99 Å². The maximum atomic E-state index is 6.14. The van der Waals surface area contributed by atoms with Crippen LogP contribution in [0.15, 0.2) is 23.2 Å². The van der Waals surface area contributed by atoms with Crippen molar-refractivity contribution in [1.29, 1.82) is 0 Å². The van der Waals surface area contributed by atoms with Gasteiger partial charge in [0.2, 0.25) is 0 Å². The van der Waals surface area contributed by atoms with Crippen LogP contribution in [0.5, 0.6) is 0 Å². The van der Waals surface area contributed by atoms with Gasteiger partial charge in [0, 0.05) is 13.0 Å². The zero-order chi connectivity index (χ0) is 11.4. The number of amidine groups is 1. The monoisotopic (exact) mass is 236 g/mol. The largest absolute Gasteiger partial charge is 0.343 e. The minimum Gasteiger partial charge on any atom is -0.343 e. The highest BCUT2D eigenvalue weighted by atomic mass is 35.5. The molecular formula is C13H17ClN2. The van der Waals surface area contributed by atoms with Gasteiger partial charge in [-0.15, -0.1) is 0 Å². The Morgan fingerprint density at radius 1 is 1.25 bits per heavy atom. The lowest BCUT2D eigenvalue weighted by Crippen LogP contribution is -2.11. The number of nitrogens with one attached hydrogen (secondary N) is 1. The average Bonchev–Trinajstić information content (AvgIpc) is 2.52. The van der Waals surface area contributed by atoms with Crippen LogP contribution in [0, 0.1) is 6.92 Å². The number of halogens is 1. The summed E-state index contributed by atoms with van der Waals surface area (Å²) in [5.41, 5.74) is 2.18. The second-order valence-corrected chi connectivity index (χ2v) is 4.65. The quantitative estimate of drug-likeness (QED) is 0.782. The molecule has 0 radical (unpaired) electrons. The molecular weight excluding hydrogens is 220 g/mol. The molecule has 0 aromatic heterocycles. The Bertz CT molecular complexity index is 399. The fourth-order valence-electron chi connectivity index (χ4n) is 1.87. The van der Waals surface area contributed by atoms with Gasteiger partial charge in [0.15, 0.2) is 0 Å². The Morgan fingerprint density at radius 3 is 3.00 bits per heavy atom. The molecule has 0 saturated carbocycles. The number of anilines is 1. The van der Waals surface area contributed by atoms with Crippen LogP contribution in [0.1, 0.15) is 31.2 Å². The van der Waals surface area contributed by atoms with Crippen molar-refractivity contribution in [2.75, 3.05) is 11.9 Å². The topological polar surface area (TPSA) is 24.4 Å². The predicted octanol–water partition coefficient (Wildman–Crippen LogP) is 4.03. The van der Waals surface area contributed by atoms with Crippen LogP contribution in [0.4, 0.5) is 5.69 Å². The summed E-state index contributed by atoms with van der Waals surface area (Å²) in [5.74, 6) is 1.07. The lowest BCUT2D eigenvalue weighted by molar-refractivity contribution is 0.731. The first kappa shape index (κ1) is 11.5. The van der Waals surface area contributed by atoms with E-state index in [0.717, 1.165) is 29.5 Å². The van der Waals surface area contributed by atoms with Crippen molar-refractivity contribution in [2.45, 2.75) is 32.6 Å². The van der Waals surface area contributed by atoms with Crippen LogP contribution in [0.3, 0.4) is 0 Å². The molecule has 2 nitrogen and oxygen atoms in total. The third-order valence-corrected chi connectivity index (χ3v) is 3.10. The second-order valence-electron chi connectivity index (χ2n) is 4.25. The van der Waals surface area contributed by atoms with E-state index in [1.54, 1.807) is 0 Å². The van der Waals surface area contributed by atoms with Gasteiger partial charge >= 0.3 is 0 Å². The minimum atomic E-state index is 0.762. The van der Waals surface area contributed by atoms with E-state index in [1.807, 2.05) is 12.1 Å². The van der Waals surface area contributed by atoms with Gasteiger partial charge in [-0.1, -0.05) is 24.1 Å². The van der Waals surface area contributed by atoms with Crippen LogP contribution in [0.25, 0.3) is 0 Å². The van der Waals surface area contributed by atoms with Crippen molar-refractivity contribution in [3.63, 3.8) is 0 Å². The third-order valence-electron chi connectivity index (χ3n) is 2.78. The molecule has 1 aliphatic heterocycles. The average molecular weight is 237 g/mol. The Balaban J connectivity index is 2.13. The van der Waals surface area contributed by atoms with Gasteiger partial charge in [-0.05, 0) is 37.5 Å². The van der Waals surface area contributed by atoms with Crippen LogP contribution in [-0.4, -0.2) is 12.4 Å². The molecule has 86 valence electrons. The lowest BCUT2D eigenvalue weighted by atomic mass is 10.2. The Morgan fingerprint density at radius 2 is 2.12 bits per heavy atom. The summed E-state index contributed by atoms with van der Waals surface area (Å²) in [7, 11) is 0. The summed E-state index contributed by atoms with van der Waals surface area (Å²) in [5, 5.41) is 4.11. The predicted molar refractivity (Wildman–Crippen MR) is 70.6 cm³/mol. The van der Waals surface area contributed by atoms with Gasteiger partial charge in [0.1, 0.15) is 5.84 Å². The fourth-order valence-corrected chi connectivity index (χ4v) is 2.03. The SMILES string of the molecule is Cc1ccc(Cl)c(NC2=NCCCCC2)c1. The van der Waals surface area contributed by atoms with E-state index in [0.29, 0.717) is 0 Å². The van der Waals surface area contributed by atoms with E-state index >= 15 is 0 Å². The molecule has 0 aliphatic carbocycles. The second kappa shape index (κ2) is 5.35. The first-order chi connectivity index (χ1) is 7.75. The number of nitrogens with zero attached hydrogens (tertiary/aromatic N) is 1. The smallest absolute Gasteiger partial charge is 0.101 e. The first-order valence-electron chi connectivity index (χ1n) is 5.82. The van der Waals surface area contributed by atoms with E-state index in [1.165, 1.54) is 24.8 Å². The van der Waals surface area contributed by atoms with Crippen LogP contribution < -0.4 is 5.32 Å². The molecule has 1 aliphatic rings. The molecule has 1 heterocycles. The molecule has 0 atom stereocenters. The van der Waals surface area contributed by atoms with Crippen LogP contribution in [0.2, 0.25) is 5.02 Å². The maximum Gasteiger partial charge on any atom is 0.101 e. The molecule has 0 fully saturated rings. The standard InChI is InChI=1S/C13H17ClN2/c1-10-6-7-11(14)12(9-10)16-13-5-3-2-4-8-15-13/h6-7,9H,2-5,8H2,1H3,(H,15,16). The molecule has 16 heavy (non-hydrogen) atoms. The summed E-state index contributed by atoms with van der Waals surface area (Å²) >= 11 is 6.14. The number of aryl methyl sites for hydroxylation is 1. The molecule has 0 amide bonds. The summed E-state index contributed by atoms with van der Waals surface area (Å²) in [6.45, 7) is 3.00. The molecule has 1 aromatic rings. The van der Waals surface area contributed by atoms with Gasteiger partial charge in [-0.3, -0.25) is 4.99 Å². The van der Waals surface area contributed by atoms with Crippen molar-refractivity contribution >= 4 is 23.1 Å². The maximum absolute atomic E-state index is 6.14. The van der Waals surface area contributed by atoms with Gasteiger partial charge in [0.25, 0.3) is 0 Å². The molecule has 0 unspecified atom stereocenters. The number of benzene rings is 1. The van der Waals surface area contributed by atoms with E-state index < -0.39 is 0 Å². The molecule has 0 spiro atoms. The van der Waals surface area contributed by atoms with E-state index in [9.17, 15) is 0 Å².